The van der Waals surface area contributed by atoms with Gasteiger partial charge in [-0.05, 0) is 32.9 Å². The van der Waals surface area contributed by atoms with Gasteiger partial charge in [0.15, 0.2) is 0 Å². The van der Waals surface area contributed by atoms with Crippen molar-refractivity contribution in [1.82, 2.24) is 4.90 Å². The van der Waals surface area contributed by atoms with Crippen molar-refractivity contribution >= 4 is 11.7 Å². The minimum absolute atomic E-state index is 0.193. The Morgan fingerprint density at radius 1 is 1.50 bits per heavy atom. The third kappa shape index (κ3) is 4.70. The second-order valence-corrected chi connectivity index (χ2v) is 5.10. The maximum atomic E-state index is 13.1. The molecule has 112 valence electrons. The molecule has 0 aliphatic heterocycles. The lowest BCUT2D eigenvalue weighted by molar-refractivity contribution is 0.0501. The van der Waals surface area contributed by atoms with Crippen molar-refractivity contribution in [2.24, 2.45) is 0 Å². The zero-order chi connectivity index (χ0) is 15.3. The Bertz CT molecular complexity index is 472. The molecule has 0 saturated heterocycles. The Morgan fingerprint density at radius 3 is 2.65 bits per heavy atom. The largest absolute Gasteiger partial charge is 0.494 e. The molecule has 0 aliphatic rings. The summed E-state index contributed by atoms with van der Waals surface area (Å²) in [6.07, 6.45) is 0. The minimum atomic E-state index is -0.986. The van der Waals surface area contributed by atoms with Crippen LogP contribution in [0, 0.1) is 5.82 Å². The fourth-order valence-electron chi connectivity index (χ4n) is 1.76. The molecule has 5 nitrogen and oxygen atoms in total. The monoisotopic (exact) mass is 284 g/mol. The summed E-state index contributed by atoms with van der Waals surface area (Å²) in [5.74, 6) is -0.193. The van der Waals surface area contributed by atoms with Crippen molar-refractivity contribution in [1.29, 1.82) is 0 Å². The number of nitrogens with zero attached hydrogens (tertiary/aromatic N) is 1. The Morgan fingerprint density at radius 2 is 2.15 bits per heavy atom. The highest BCUT2D eigenvalue weighted by molar-refractivity contribution is 5.91. The average Bonchev–Trinajstić information content (AvgIpc) is 2.36. The van der Waals surface area contributed by atoms with E-state index in [2.05, 4.69) is 5.32 Å². The molecule has 0 heterocycles. The summed E-state index contributed by atoms with van der Waals surface area (Å²) < 4.78 is 18.1. The van der Waals surface area contributed by atoms with Crippen LogP contribution in [0.3, 0.4) is 0 Å². The number of anilines is 1. The highest BCUT2D eigenvalue weighted by Crippen LogP contribution is 2.25. The van der Waals surface area contributed by atoms with Crippen LogP contribution in [-0.2, 0) is 0 Å². The predicted molar refractivity (Wildman–Crippen MR) is 75.5 cm³/mol. The number of carbonyl (C=O) groups is 1. The predicted octanol–water partition coefficient (Wildman–Crippen LogP) is 2.46. The number of urea groups is 1. The zero-order valence-electron chi connectivity index (χ0n) is 12.2. The first kappa shape index (κ1) is 16.2. The van der Waals surface area contributed by atoms with E-state index in [1.807, 2.05) is 6.92 Å². The standard InChI is InChI=1S/C14H21FN2O3/c1-5-17(9-14(2,3)19)13(18)16-11-7-6-10(15)8-12(11)20-4/h6-8,19H,5,9H2,1-4H3,(H,16,18). The topological polar surface area (TPSA) is 61.8 Å². The Hall–Kier alpha value is -1.82. The maximum Gasteiger partial charge on any atom is 0.322 e. The van der Waals surface area contributed by atoms with Gasteiger partial charge in [0, 0.05) is 12.6 Å². The molecule has 1 rings (SSSR count). The van der Waals surface area contributed by atoms with E-state index in [-0.39, 0.29) is 18.3 Å². The third-order valence-electron chi connectivity index (χ3n) is 2.65. The third-order valence-corrected chi connectivity index (χ3v) is 2.65. The van der Waals surface area contributed by atoms with Gasteiger partial charge in [-0.25, -0.2) is 9.18 Å². The van der Waals surface area contributed by atoms with Gasteiger partial charge in [0.05, 0.1) is 24.9 Å². The van der Waals surface area contributed by atoms with Crippen LogP contribution in [0.1, 0.15) is 20.8 Å². The van der Waals surface area contributed by atoms with Gasteiger partial charge >= 0.3 is 6.03 Å². The van der Waals surface area contributed by atoms with Crippen molar-refractivity contribution < 1.29 is 19.0 Å². The average molecular weight is 284 g/mol. The normalized spacial score (nSPS) is 11.1. The lowest BCUT2D eigenvalue weighted by Crippen LogP contribution is -2.44. The number of amides is 2. The second kappa shape index (κ2) is 6.56. The molecule has 0 bridgehead atoms. The fraction of sp³-hybridized carbons (Fsp3) is 0.500. The van der Waals surface area contributed by atoms with Crippen LogP contribution in [0.25, 0.3) is 0 Å². The summed E-state index contributed by atoms with van der Waals surface area (Å²) in [4.78, 5) is 13.6. The molecule has 0 radical (unpaired) electrons. The maximum absolute atomic E-state index is 13.1. The lowest BCUT2D eigenvalue weighted by Gasteiger charge is -2.28. The van der Waals surface area contributed by atoms with E-state index in [9.17, 15) is 14.3 Å². The summed E-state index contributed by atoms with van der Waals surface area (Å²) in [6.45, 7) is 5.70. The molecule has 0 unspecified atom stereocenters. The SMILES string of the molecule is CCN(CC(C)(C)O)C(=O)Nc1ccc(F)cc1OC. The summed E-state index contributed by atoms with van der Waals surface area (Å²) in [6, 6.07) is 3.50. The number of hydrogen-bond acceptors (Lipinski definition) is 3. The van der Waals surface area contributed by atoms with E-state index in [4.69, 9.17) is 4.74 Å². The van der Waals surface area contributed by atoms with Gasteiger partial charge in [-0.1, -0.05) is 0 Å². The first-order chi connectivity index (χ1) is 9.26. The number of methoxy groups -OCH3 is 1. The van der Waals surface area contributed by atoms with Gasteiger partial charge in [0.25, 0.3) is 0 Å². The molecule has 1 aromatic rings. The van der Waals surface area contributed by atoms with E-state index < -0.39 is 11.4 Å². The van der Waals surface area contributed by atoms with Crippen LogP contribution in [0.2, 0.25) is 0 Å². The van der Waals surface area contributed by atoms with Crippen molar-refractivity contribution in [2.45, 2.75) is 26.4 Å². The molecule has 0 atom stereocenters. The Kier molecular flexibility index (Phi) is 5.33. The van der Waals surface area contributed by atoms with Crippen LogP contribution in [0.15, 0.2) is 18.2 Å². The Balaban J connectivity index is 2.83. The number of halogens is 1. The fourth-order valence-corrected chi connectivity index (χ4v) is 1.76. The van der Waals surface area contributed by atoms with Crippen LogP contribution >= 0.6 is 0 Å². The first-order valence-electron chi connectivity index (χ1n) is 6.38. The van der Waals surface area contributed by atoms with Crippen molar-refractivity contribution in [3.63, 3.8) is 0 Å². The van der Waals surface area contributed by atoms with Crippen LogP contribution in [0.4, 0.5) is 14.9 Å². The van der Waals surface area contributed by atoms with E-state index in [1.165, 1.54) is 30.2 Å². The van der Waals surface area contributed by atoms with Crippen LogP contribution in [-0.4, -0.2) is 41.8 Å². The summed E-state index contributed by atoms with van der Waals surface area (Å²) in [5, 5.41) is 12.4. The van der Waals surface area contributed by atoms with Crippen LogP contribution in [0.5, 0.6) is 5.75 Å². The molecule has 0 spiro atoms. The number of carbonyl (C=O) groups excluding carboxylic acids is 1. The van der Waals surface area contributed by atoms with E-state index >= 15 is 0 Å². The zero-order valence-corrected chi connectivity index (χ0v) is 12.2. The number of likely N-dealkylation sites (N-methyl/N-ethyl adjacent to an activating group) is 1. The molecule has 2 amide bonds. The number of nitrogens with one attached hydrogen (secondary N) is 1. The van der Waals surface area contributed by atoms with Gasteiger partial charge in [0.2, 0.25) is 0 Å². The number of ether oxygens (including phenoxy) is 1. The molecular formula is C14H21FN2O3. The molecule has 1 aromatic carbocycles. The lowest BCUT2D eigenvalue weighted by atomic mass is 10.1. The summed E-state index contributed by atoms with van der Waals surface area (Å²) in [7, 11) is 1.40. The molecule has 0 fully saturated rings. The molecule has 2 N–H and O–H groups in total. The number of benzene rings is 1. The van der Waals surface area contributed by atoms with E-state index in [0.29, 0.717) is 12.2 Å². The van der Waals surface area contributed by atoms with Gasteiger partial charge in [-0.3, -0.25) is 0 Å². The van der Waals surface area contributed by atoms with Gasteiger partial charge in [-0.15, -0.1) is 0 Å². The van der Waals surface area contributed by atoms with Crippen molar-refractivity contribution in [3.05, 3.63) is 24.0 Å². The smallest absolute Gasteiger partial charge is 0.322 e. The van der Waals surface area contributed by atoms with Gasteiger partial charge in [0.1, 0.15) is 11.6 Å². The summed E-state index contributed by atoms with van der Waals surface area (Å²) >= 11 is 0. The highest BCUT2D eigenvalue weighted by atomic mass is 19.1. The van der Waals surface area contributed by atoms with Crippen molar-refractivity contribution in [2.75, 3.05) is 25.5 Å². The highest BCUT2D eigenvalue weighted by Gasteiger charge is 2.22. The van der Waals surface area contributed by atoms with E-state index in [1.54, 1.807) is 13.8 Å². The molecule has 0 aromatic heterocycles. The minimum Gasteiger partial charge on any atom is -0.494 e. The van der Waals surface area contributed by atoms with Crippen LogP contribution < -0.4 is 10.1 Å². The summed E-state index contributed by atoms with van der Waals surface area (Å²) in [5.41, 5.74) is -0.603. The molecule has 0 saturated carbocycles. The quantitative estimate of drug-likeness (QED) is 0.873. The molecule has 20 heavy (non-hydrogen) atoms. The van der Waals surface area contributed by atoms with Gasteiger partial charge < -0.3 is 20.1 Å². The first-order valence-corrected chi connectivity index (χ1v) is 6.38. The molecule has 0 aliphatic carbocycles. The van der Waals surface area contributed by atoms with Crippen molar-refractivity contribution in [3.8, 4) is 5.75 Å². The number of aliphatic hydroxyl groups is 1. The Labute approximate surface area is 118 Å². The number of rotatable bonds is 5. The van der Waals surface area contributed by atoms with Gasteiger partial charge in [-0.2, -0.15) is 0 Å². The number of hydrogen-bond donors (Lipinski definition) is 2. The van der Waals surface area contributed by atoms with E-state index in [0.717, 1.165) is 0 Å². The molecule has 6 heteroatoms. The molecular weight excluding hydrogens is 263 g/mol. The second-order valence-electron chi connectivity index (χ2n) is 5.10.